The fraction of sp³-hybridized carbons (Fsp3) is 0.182. The van der Waals surface area contributed by atoms with Gasteiger partial charge in [0.15, 0.2) is 0 Å². The second kappa shape index (κ2) is 5.23. The number of aliphatic carboxylic acids is 1. The van der Waals surface area contributed by atoms with Crippen LogP contribution in [0.25, 0.3) is 0 Å². The van der Waals surface area contributed by atoms with Gasteiger partial charge >= 0.3 is 5.97 Å². The second-order valence-electron chi connectivity index (χ2n) is 3.30. The Bertz CT molecular complexity index is 455. The lowest BCUT2D eigenvalue weighted by atomic mass is 10.2. The van der Waals surface area contributed by atoms with E-state index in [9.17, 15) is 4.79 Å². The molecule has 0 bridgehead atoms. The lowest BCUT2D eigenvalue weighted by Crippen LogP contribution is -2.06. The first-order chi connectivity index (χ1) is 7.41. The summed E-state index contributed by atoms with van der Waals surface area (Å²) in [6.45, 7) is 3.20. The molecule has 0 aliphatic carbocycles. The Labute approximate surface area is 104 Å². The van der Waals surface area contributed by atoms with Crippen molar-refractivity contribution in [2.24, 2.45) is 0 Å². The first-order valence-electron chi connectivity index (χ1n) is 4.54. The average Bonchev–Trinajstić information content (AvgIpc) is 2.20. The van der Waals surface area contributed by atoms with E-state index in [4.69, 9.17) is 28.3 Å². The van der Waals surface area contributed by atoms with Crippen LogP contribution in [0.3, 0.4) is 0 Å². The molecule has 0 unspecified atom stereocenters. The Kier molecular flexibility index (Phi) is 4.21. The minimum absolute atomic E-state index is 0.242. The standard InChI is InChI=1S/C11H11Cl2NO2/c1-6(11(15)16)7(2)14-10-4-3-8(12)5-9(10)13/h3-5,14H,1-2H3,(H,15,16)/b7-6+. The Balaban J connectivity index is 2.97. The molecular weight excluding hydrogens is 249 g/mol. The molecule has 3 nitrogen and oxygen atoms in total. The van der Waals surface area contributed by atoms with Crippen molar-refractivity contribution in [3.8, 4) is 0 Å². The maximum atomic E-state index is 10.7. The Morgan fingerprint density at radius 2 is 1.94 bits per heavy atom. The van der Waals surface area contributed by atoms with Gasteiger partial charge < -0.3 is 10.4 Å². The van der Waals surface area contributed by atoms with Gasteiger partial charge in [0.2, 0.25) is 0 Å². The molecule has 0 aliphatic rings. The van der Waals surface area contributed by atoms with Crippen molar-refractivity contribution in [1.82, 2.24) is 0 Å². The number of nitrogens with one attached hydrogen (secondary N) is 1. The van der Waals surface area contributed by atoms with Crippen LogP contribution in [0.2, 0.25) is 10.0 Å². The molecule has 86 valence electrons. The topological polar surface area (TPSA) is 49.3 Å². The number of benzene rings is 1. The van der Waals surface area contributed by atoms with Crippen LogP contribution in [0.5, 0.6) is 0 Å². The van der Waals surface area contributed by atoms with E-state index in [0.29, 0.717) is 21.4 Å². The normalized spacial score (nSPS) is 12.0. The number of halogens is 2. The summed E-state index contributed by atoms with van der Waals surface area (Å²) >= 11 is 11.7. The molecule has 0 saturated heterocycles. The zero-order valence-corrected chi connectivity index (χ0v) is 10.4. The van der Waals surface area contributed by atoms with Crippen molar-refractivity contribution in [2.75, 3.05) is 5.32 Å². The van der Waals surface area contributed by atoms with Crippen LogP contribution in [-0.4, -0.2) is 11.1 Å². The molecule has 0 saturated carbocycles. The van der Waals surface area contributed by atoms with E-state index in [2.05, 4.69) is 5.32 Å². The quantitative estimate of drug-likeness (QED) is 0.813. The number of anilines is 1. The summed E-state index contributed by atoms with van der Waals surface area (Å²) in [5, 5.41) is 12.7. The van der Waals surface area contributed by atoms with Crippen molar-refractivity contribution in [1.29, 1.82) is 0 Å². The predicted octanol–water partition coefficient (Wildman–Crippen LogP) is 3.78. The van der Waals surface area contributed by atoms with Crippen molar-refractivity contribution in [3.05, 3.63) is 39.5 Å². The van der Waals surface area contributed by atoms with Crippen LogP contribution in [0.4, 0.5) is 5.69 Å². The van der Waals surface area contributed by atoms with Gasteiger partial charge in [0.25, 0.3) is 0 Å². The lowest BCUT2D eigenvalue weighted by molar-refractivity contribution is -0.132. The van der Waals surface area contributed by atoms with Gasteiger partial charge in [0.05, 0.1) is 16.3 Å². The number of allylic oxidation sites excluding steroid dienone is 1. The highest BCUT2D eigenvalue weighted by atomic mass is 35.5. The van der Waals surface area contributed by atoms with Crippen LogP contribution in [0.1, 0.15) is 13.8 Å². The minimum Gasteiger partial charge on any atom is -0.478 e. The van der Waals surface area contributed by atoms with E-state index in [1.165, 1.54) is 6.92 Å². The van der Waals surface area contributed by atoms with E-state index in [-0.39, 0.29) is 5.57 Å². The summed E-state index contributed by atoms with van der Waals surface area (Å²) in [5.74, 6) is -0.963. The molecule has 0 heterocycles. The van der Waals surface area contributed by atoms with Gasteiger partial charge in [-0.25, -0.2) is 4.79 Å². The van der Waals surface area contributed by atoms with Crippen LogP contribution >= 0.6 is 23.2 Å². The van der Waals surface area contributed by atoms with E-state index >= 15 is 0 Å². The number of rotatable bonds is 3. The van der Waals surface area contributed by atoms with E-state index in [1.54, 1.807) is 25.1 Å². The van der Waals surface area contributed by atoms with E-state index in [1.807, 2.05) is 0 Å². The summed E-state index contributed by atoms with van der Waals surface area (Å²) in [6, 6.07) is 4.97. The molecule has 1 rings (SSSR count). The largest absolute Gasteiger partial charge is 0.478 e. The summed E-state index contributed by atoms with van der Waals surface area (Å²) in [5.41, 5.74) is 1.41. The molecule has 2 N–H and O–H groups in total. The fourth-order valence-corrected chi connectivity index (χ4v) is 1.50. The van der Waals surface area contributed by atoms with Gasteiger partial charge in [0.1, 0.15) is 0 Å². The highest BCUT2D eigenvalue weighted by Gasteiger charge is 2.07. The van der Waals surface area contributed by atoms with Gasteiger partial charge in [-0.15, -0.1) is 0 Å². The second-order valence-corrected chi connectivity index (χ2v) is 4.15. The summed E-state index contributed by atoms with van der Waals surface area (Å²) in [4.78, 5) is 10.7. The average molecular weight is 260 g/mol. The van der Waals surface area contributed by atoms with Gasteiger partial charge in [-0.2, -0.15) is 0 Å². The smallest absolute Gasteiger partial charge is 0.333 e. The van der Waals surface area contributed by atoms with Crippen LogP contribution in [0.15, 0.2) is 29.5 Å². The molecule has 0 aliphatic heterocycles. The Morgan fingerprint density at radius 1 is 1.31 bits per heavy atom. The number of hydrogen-bond donors (Lipinski definition) is 2. The maximum Gasteiger partial charge on any atom is 0.333 e. The molecule has 0 fully saturated rings. The van der Waals surface area contributed by atoms with Crippen molar-refractivity contribution in [2.45, 2.75) is 13.8 Å². The number of carboxylic acids is 1. The molecule has 0 aromatic heterocycles. The van der Waals surface area contributed by atoms with Crippen molar-refractivity contribution < 1.29 is 9.90 Å². The minimum atomic E-state index is -0.963. The SMILES string of the molecule is C/C(Nc1ccc(Cl)cc1Cl)=C(/C)C(=O)O. The zero-order valence-electron chi connectivity index (χ0n) is 8.84. The third-order valence-corrected chi connectivity index (χ3v) is 2.68. The summed E-state index contributed by atoms with van der Waals surface area (Å²) in [7, 11) is 0. The summed E-state index contributed by atoms with van der Waals surface area (Å²) in [6.07, 6.45) is 0. The molecule has 0 spiro atoms. The number of carboxylic acid groups (broad SMARTS) is 1. The molecular formula is C11H11Cl2NO2. The molecule has 1 aromatic carbocycles. The van der Waals surface area contributed by atoms with E-state index < -0.39 is 5.97 Å². The molecule has 0 amide bonds. The Morgan fingerprint density at radius 3 is 2.44 bits per heavy atom. The molecule has 1 aromatic rings. The molecule has 0 radical (unpaired) electrons. The van der Waals surface area contributed by atoms with Crippen molar-refractivity contribution in [3.63, 3.8) is 0 Å². The lowest BCUT2D eigenvalue weighted by Gasteiger charge is -2.10. The highest BCUT2D eigenvalue weighted by Crippen LogP contribution is 2.26. The monoisotopic (exact) mass is 259 g/mol. The first kappa shape index (κ1) is 12.9. The summed E-state index contributed by atoms with van der Waals surface area (Å²) < 4.78 is 0. The van der Waals surface area contributed by atoms with Crippen LogP contribution in [0, 0.1) is 0 Å². The molecule has 16 heavy (non-hydrogen) atoms. The van der Waals surface area contributed by atoms with Crippen LogP contribution < -0.4 is 5.32 Å². The highest BCUT2D eigenvalue weighted by molar-refractivity contribution is 6.36. The molecule has 5 heteroatoms. The maximum absolute atomic E-state index is 10.7. The van der Waals surface area contributed by atoms with Gasteiger partial charge in [-0.1, -0.05) is 23.2 Å². The molecule has 0 atom stereocenters. The predicted molar refractivity (Wildman–Crippen MR) is 66.1 cm³/mol. The third kappa shape index (κ3) is 3.15. The fourth-order valence-electron chi connectivity index (χ4n) is 1.05. The van der Waals surface area contributed by atoms with Crippen LogP contribution in [-0.2, 0) is 4.79 Å². The third-order valence-electron chi connectivity index (χ3n) is 2.14. The van der Waals surface area contributed by atoms with Gasteiger partial charge in [-0.05, 0) is 32.0 Å². The van der Waals surface area contributed by atoms with Crippen molar-refractivity contribution >= 4 is 34.9 Å². The Hall–Kier alpha value is -1.19. The number of carbonyl (C=O) groups is 1. The first-order valence-corrected chi connectivity index (χ1v) is 5.30. The number of hydrogen-bond acceptors (Lipinski definition) is 2. The van der Waals surface area contributed by atoms with E-state index in [0.717, 1.165) is 0 Å². The van der Waals surface area contributed by atoms with Gasteiger partial charge in [0, 0.05) is 10.7 Å². The van der Waals surface area contributed by atoms with Gasteiger partial charge in [-0.3, -0.25) is 0 Å². The zero-order chi connectivity index (χ0) is 12.3.